The van der Waals surface area contributed by atoms with Gasteiger partial charge < -0.3 is 5.32 Å². The number of aryl methyl sites for hydroxylation is 2. The van der Waals surface area contributed by atoms with Gasteiger partial charge in [-0.2, -0.15) is 5.10 Å². The molecule has 5 nitrogen and oxygen atoms in total. The number of hydrogen-bond acceptors (Lipinski definition) is 4. The topological polar surface area (TPSA) is 55.6 Å². The van der Waals surface area contributed by atoms with Crippen LogP contribution in [0.2, 0.25) is 0 Å². The molecule has 0 aromatic carbocycles. The number of hydrogen-bond donors (Lipinski definition) is 1. The fraction of sp³-hybridized carbons (Fsp3) is 0.417. The van der Waals surface area contributed by atoms with Crippen molar-refractivity contribution in [3.63, 3.8) is 0 Å². The van der Waals surface area contributed by atoms with E-state index < -0.39 is 0 Å². The molecule has 0 fully saturated rings. The van der Waals surface area contributed by atoms with Gasteiger partial charge >= 0.3 is 0 Å². The molecule has 0 saturated heterocycles. The predicted molar refractivity (Wildman–Crippen MR) is 65.2 cm³/mol. The normalized spacial score (nSPS) is 10.7. The maximum absolute atomic E-state index is 4.41. The summed E-state index contributed by atoms with van der Waals surface area (Å²) < 4.78 is 1.86. The van der Waals surface area contributed by atoms with Crippen LogP contribution in [0.5, 0.6) is 0 Å². The van der Waals surface area contributed by atoms with Crippen LogP contribution in [0.1, 0.15) is 23.7 Å². The summed E-state index contributed by atoms with van der Waals surface area (Å²) in [7, 11) is 1.95. The summed E-state index contributed by atoms with van der Waals surface area (Å²) in [5.74, 6) is 0. The van der Waals surface area contributed by atoms with Crippen LogP contribution in [0, 0.1) is 0 Å². The Bertz CT molecular complexity index is 463. The molecule has 1 N–H and O–H groups in total. The Morgan fingerprint density at radius 2 is 2.00 bits per heavy atom. The molecule has 0 atom stereocenters. The summed E-state index contributed by atoms with van der Waals surface area (Å²) in [6.07, 6.45) is 8.22. The lowest BCUT2D eigenvalue weighted by atomic mass is 10.2. The number of nitrogens with one attached hydrogen (secondary N) is 1. The van der Waals surface area contributed by atoms with Crippen molar-refractivity contribution >= 4 is 0 Å². The monoisotopic (exact) mass is 231 g/mol. The van der Waals surface area contributed by atoms with Gasteiger partial charge in [0.15, 0.2) is 0 Å². The van der Waals surface area contributed by atoms with Gasteiger partial charge in [0.05, 0.1) is 5.69 Å². The molecule has 0 radical (unpaired) electrons. The molecule has 2 aromatic rings. The molecule has 2 rings (SSSR count). The van der Waals surface area contributed by atoms with Crippen molar-refractivity contribution in [3.05, 3.63) is 41.7 Å². The first-order valence-electron chi connectivity index (χ1n) is 5.75. The smallest absolute Gasteiger partial charge is 0.115 e. The molecule has 2 aromatic heterocycles. The van der Waals surface area contributed by atoms with Crippen molar-refractivity contribution in [1.82, 2.24) is 25.1 Å². The molecule has 0 saturated carbocycles. The Balaban J connectivity index is 1.90. The molecule has 0 aliphatic rings. The van der Waals surface area contributed by atoms with Gasteiger partial charge in [0.2, 0.25) is 0 Å². The van der Waals surface area contributed by atoms with E-state index in [2.05, 4.69) is 33.5 Å². The minimum absolute atomic E-state index is 0.777. The molecule has 90 valence electrons. The van der Waals surface area contributed by atoms with E-state index in [1.807, 2.05) is 24.1 Å². The number of aromatic nitrogens is 4. The lowest BCUT2D eigenvalue weighted by Gasteiger charge is -2.03. The highest BCUT2D eigenvalue weighted by Gasteiger charge is 2.04. The largest absolute Gasteiger partial charge is 0.308 e. The quantitative estimate of drug-likeness (QED) is 0.836. The molecule has 0 bridgehead atoms. The van der Waals surface area contributed by atoms with Crippen LogP contribution >= 0.6 is 0 Å². The summed E-state index contributed by atoms with van der Waals surface area (Å²) in [5, 5.41) is 7.78. The second-order valence-corrected chi connectivity index (χ2v) is 3.98. The zero-order valence-electron chi connectivity index (χ0n) is 10.2. The second-order valence-electron chi connectivity index (χ2n) is 3.98. The van der Waals surface area contributed by atoms with Crippen molar-refractivity contribution in [2.75, 3.05) is 0 Å². The van der Waals surface area contributed by atoms with E-state index in [9.17, 15) is 0 Å². The summed E-state index contributed by atoms with van der Waals surface area (Å²) in [6.45, 7) is 3.72. The SMILES string of the molecule is CCc1nn(C)cc1CNCc1cncnc1. The van der Waals surface area contributed by atoms with E-state index in [4.69, 9.17) is 0 Å². The highest BCUT2D eigenvalue weighted by molar-refractivity contribution is 5.16. The van der Waals surface area contributed by atoms with E-state index in [0.717, 1.165) is 30.8 Å². The predicted octanol–water partition coefficient (Wildman–Crippen LogP) is 1.06. The van der Waals surface area contributed by atoms with Gasteiger partial charge in [-0.05, 0) is 6.42 Å². The van der Waals surface area contributed by atoms with Crippen LogP contribution in [0.25, 0.3) is 0 Å². The highest BCUT2D eigenvalue weighted by Crippen LogP contribution is 2.06. The summed E-state index contributed by atoms with van der Waals surface area (Å²) in [5.41, 5.74) is 3.51. The molecule has 2 heterocycles. The molecule has 5 heteroatoms. The molecule has 0 spiro atoms. The number of rotatable bonds is 5. The van der Waals surface area contributed by atoms with Crippen LogP contribution in [0.4, 0.5) is 0 Å². The molecular formula is C12H17N5. The standard InChI is InChI=1S/C12H17N5/c1-3-12-11(8-17(2)16-12)7-13-4-10-5-14-9-15-6-10/h5-6,8-9,13H,3-4,7H2,1-2H3. The Kier molecular flexibility index (Phi) is 3.82. The lowest BCUT2D eigenvalue weighted by Crippen LogP contribution is -2.13. The molecule has 0 aliphatic heterocycles. The summed E-state index contributed by atoms with van der Waals surface area (Å²) in [4.78, 5) is 7.96. The number of nitrogens with zero attached hydrogens (tertiary/aromatic N) is 4. The first kappa shape index (κ1) is 11.7. The van der Waals surface area contributed by atoms with E-state index in [1.54, 1.807) is 6.33 Å². The Labute approximate surface area is 101 Å². The van der Waals surface area contributed by atoms with Crippen molar-refractivity contribution in [3.8, 4) is 0 Å². The first-order chi connectivity index (χ1) is 8.29. The van der Waals surface area contributed by atoms with Gasteiger partial charge in [-0.25, -0.2) is 9.97 Å². The molecule has 0 aliphatic carbocycles. The van der Waals surface area contributed by atoms with Gasteiger partial charge in [-0.1, -0.05) is 6.92 Å². The Hall–Kier alpha value is -1.75. The minimum atomic E-state index is 0.777. The van der Waals surface area contributed by atoms with E-state index >= 15 is 0 Å². The van der Waals surface area contributed by atoms with Gasteiger partial charge in [-0.15, -0.1) is 0 Å². The van der Waals surface area contributed by atoms with Crippen molar-refractivity contribution in [2.24, 2.45) is 7.05 Å². The summed E-state index contributed by atoms with van der Waals surface area (Å²) in [6, 6.07) is 0. The molecule has 0 unspecified atom stereocenters. The van der Waals surface area contributed by atoms with Gasteiger partial charge in [0, 0.05) is 49.9 Å². The van der Waals surface area contributed by atoms with Crippen LogP contribution in [0.3, 0.4) is 0 Å². The first-order valence-corrected chi connectivity index (χ1v) is 5.75. The Morgan fingerprint density at radius 1 is 1.24 bits per heavy atom. The van der Waals surface area contributed by atoms with Crippen molar-refractivity contribution in [2.45, 2.75) is 26.4 Å². The fourth-order valence-electron chi connectivity index (χ4n) is 1.79. The van der Waals surface area contributed by atoms with E-state index in [0.29, 0.717) is 0 Å². The maximum Gasteiger partial charge on any atom is 0.115 e. The van der Waals surface area contributed by atoms with Crippen LogP contribution < -0.4 is 5.32 Å². The van der Waals surface area contributed by atoms with Gasteiger partial charge in [-0.3, -0.25) is 4.68 Å². The van der Waals surface area contributed by atoms with Gasteiger partial charge in [0.25, 0.3) is 0 Å². The Morgan fingerprint density at radius 3 is 2.71 bits per heavy atom. The van der Waals surface area contributed by atoms with E-state index in [-0.39, 0.29) is 0 Å². The minimum Gasteiger partial charge on any atom is -0.308 e. The van der Waals surface area contributed by atoms with Crippen LogP contribution in [-0.2, 0) is 26.6 Å². The van der Waals surface area contributed by atoms with E-state index in [1.165, 1.54) is 5.56 Å². The molecule has 0 amide bonds. The third-order valence-corrected chi connectivity index (χ3v) is 2.59. The lowest BCUT2D eigenvalue weighted by molar-refractivity contribution is 0.684. The zero-order valence-corrected chi connectivity index (χ0v) is 10.2. The third-order valence-electron chi connectivity index (χ3n) is 2.59. The van der Waals surface area contributed by atoms with Crippen molar-refractivity contribution in [1.29, 1.82) is 0 Å². The zero-order chi connectivity index (χ0) is 12.1. The highest BCUT2D eigenvalue weighted by atomic mass is 15.3. The van der Waals surface area contributed by atoms with Crippen LogP contribution in [0.15, 0.2) is 24.9 Å². The maximum atomic E-state index is 4.41. The van der Waals surface area contributed by atoms with Gasteiger partial charge in [0.1, 0.15) is 6.33 Å². The van der Waals surface area contributed by atoms with Crippen LogP contribution in [-0.4, -0.2) is 19.7 Å². The molecule has 17 heavy (non-hydrogen) atoms. The molecular weight excluding hydrogens is 214 g/mol. The average molecular weight is 231 g/mol. The third kappa shape index (κ3) is 3.10. The average Bonchev–Trinajstić information content (AvgIpc) is 2.71. The fourth-order valence-corrected chi connectivity index (χ4v) is 1.79. The second kappa shape index (κ2) is 5.54. The summed E-state index contributed by atoms with van der Waals surface area (Å²) >= 11 is 0. The van der Waals surface area contributed by atoms with Crippen molar-refractivity contribution < 1.29 is 0 Å².